The van der Waals surface area contributed by atoms with E-state index >= 15 is 0 Å². The first-order valence-electron chi connectivity index (χ1n) is 5.64. The smallest absolute Gasteiger partial charge is 0.330 e. The Morgan fingerprint density at radius 2 is 1.84 bits per heavy atom. The highest BCUT2D eigenvalue weighted by molar-refractivity contribution is 5.38. The van der Waals surface area contributed by atoms with Gasteiger partial charge in [0, 0.05) is 0 Å². The Labute approximate surface area is 110 Å². The Morgan fingerprint density at radius 1 is 1.11 bits per heavy atom. The molecule has 0 bridgehead atoms. The summed E-state index contributed by atoms with van der Waals surface area (Å²) >= 11 is 0. The highest BCUT2D eigenvalue weighted by atomic mass is 16.5. The number of aromatic nitrogens is 3. The number of hydrazine groups is 1. The van der Waals surface area contributed by atoms with E-state index in [2.05, 4.69) is 20.4 Å². The lowest BCUT2D eigenvalue weighted by molar-refractivity contribution is 0.359. The molecule has 0 saturated heterocycles. The van der Waals surface area contributed by atoms with Gasteiger partial charge >= 0.3 is 12.0 Å². The predicted molar refractivity (Wildman–Crippen MR) is 70.2 cm³/mol. The highest BCUT2D eigenvalue weighted by Crippen LogP contribution is 2.24. The molecule has 2 aromatic rings. The van der Waals surface area contributed by atoms with Gasteiger partial charge in [-0.1, -0.05) is 12.1 Å². The van der Waals surface area contributed by atoms with Gasteiger partial charge in [-0.3, -0.25) is 5.43 Å². The van der Waals surface area contributed by atoms with E-state index in [0.717, 1.165) is 11.1 Å². The summed E-state index contributed by atoms with van der Waals surface area (Å²) in [7, 11) is 1.46. The Morgan fingerprint density at radius 3 is 2.53 bits per heavy atom. The summed E-state index contributed by atoms with van der Waals surface area (Å²) in [6.45, 7) is 3.92. The summed E-state index contributed by atoms with van der Waals surface area (Å²) in [5.41, 5.74) is 4.39. The van der Waals surface area contributed by atoms with Gasteiger partial charge < -0.3 is 9.47 Å². The zero-order chi connectivity index (χ0) is 13.8. The number of nitrogens with zero attached hydrogens (tertiary/aromatic N) is 3. The molecule has 0 aliphatic carbocycles. The van der Waals surface area contributed by atoms with Crippen LogP contribution in [0.4, 0.5) is 5.95 Å². The van der Waals surface area contributed by atoms with E-state index in [4.69, 9.17) is 15.3 Å². The molecule has 0 radical (unpaired) electrons. The van der Waals surface area contributed by atoms with Gasteiger partial charge in [0.25, 0.3) is 0 Å². The van der Waals surface area contributed by atoms with Crippen LogP contribution in [0.5, 0.6) is 17.8 Å². The number of methoxy groups -OCH3 is 1. The quantitative estimate of drug-likeness (QED) is 0.637. The van der Waals surface area contributed by atoms with Crippen LogP contribution in [-0.4, -0.2) is 22.1 Å². The minimum absolute atomic E-state index is 0.119. The Balaban J connectivity index is 2.34. The van der Waals surface area contributed by atoms with Crippen molar-refractivity contribution in [2.24, 2.45) is 5.84 Å². The fraction of sp³-hybridized carbons (Fsp3) is 0.250. The monoisotopic (exact) mass is 261 g/mol. The van der Waals surface area contributed by atoms with Crippen LogP contribution in [0, 0.1) is 13.8 Å². The van der Waals surface area contributed by atoms with Crippen molar-refractivity contribution < 1.29 is 9.47 Å². The largest absolute Gasteiger partial charge is 0.467 e. The summed E-state index contributed by atoms with van der Waals surface area (Å²) in [4.78, 5) is 11.9. The van der Waals surface area contributed by atoms with Gasteiger partial charge in [0.15, 0.2) is 0 Å². The minimum Gasteiger partial charge on any atom is -0.467 e. The Kier molecular flexibility index (Phi) is 3.76. The average Bonchev–Trinajstić information content (AvgIpc) is 2.42. The molecule has 0 fully saturated rings. The van der Waals surface area contributed by atoms with Crippen molar-refractivity contribution in [3.8, 4) is 17.8 Å². The fourth-order valence-corrected chi connectivity index (χ4v) is 1.46. The van der Waals surface area contributed by atoms with E-state index < -0.39 is 0 Å². The predicted octanol–water partition coefficient (Wildman–Crippen LogP) is 1.57. The first-order valence-corrected chi connectivity index (χ1v) is 5.64. The second-order valence-corrected chi connectivity index (χ2v) is 3.94. The molecule has 0 amide bonds. The van der Waals surface area contributed by atoms with Crippen molar-refractivity contribution >= 4 is 5.95 Å². The molecular formula is C12H15N5O2. The van der Waals surface area contributed by atoms with Gasteiger partial charge in [0.1, 0.15) is 5.75 Å². The number of aryl methyl sites for hydroxylation is 2. The first kappa shape index (κ1) is 13.0. The first-order chi connectivity index (χ1) is 9.12. The topological polar surface area (TPSA) is 95.2 Å². The van der Waals surface area contributed by atoms with Crippen molar-refractivity contribution in [1.82, 2.24) is 15.0 Å². The lowest BCUT2D eigenvalue weighted by atomic mass is 10.1. The van der Waals surface area contributed by atoms with Crippen LogP contribution >= 0.6 is 0 Å². The second kappa shape index (κ2) is 5.49. The van der Waals surface area contributed by atoms with Crippen LogP contribution in [0.15, 0.2) is 18.2 Å². The number of ether oxygens (including phenoxy) is 2. The van der Waals surface area contributed by atoms with Crippen LogP contribution in [-0.2, 0) is 0 Å². The maximum Gasteiger partial charge on any atom is 0.330 e. The summed E-state index contributed by atoms with van der Waals surface area (Å²) in [6, 6.07) is 6.12. The SMILES string of the molecule is COc1nc(NN)nc(Oc2cc(C)ccc2C)n1. The van der Waals surface area contributed by atoms with Gasteiger partial charge in [0.2, 0.25) is 5.95 Å². The van der Waals surface area contributed by atoms with E-state index in [9.17, 15) is 0 Å². The molecule has 0 saturated carbocycles. The third kappa shape index (κ3) is 3.08. The normalized spacial score (nSPS) is 10.1. The molecule has 7 nitrogen and oxygen atoms in total. The van der Waals surface area contributed by atoms with Crippen molar-refractivity contribution in [2.75, 3.05) is 12.5 Å². The molecule has 2 rings (SSSR count). The molecule has 19 heavy (non-hydrogen) atoms. The summed E-state index contributed by atoms with van der Waals surface area (Å²) in [5.74, 6) is 6.13. The molecule has 0 spiro atoms. The zero-order valence-corrected chi connectivity index (χ0v) is 11.0. The lowest BCUT2D eigenvalue weighted by Gasteiger charge is -2.09. The van der Waals surface area contributed by atoms with Crippen molar-refractivity contribution in [3.63, 3.8) is 0 Å². The molecule has 100 valence electrons. The van der Waals surface area contributed by atoms with E-state index in [1.807, 2.05) is 32.0 Å². The van der Waals surface area contributed by atoms with Gasteiger partial charge in [-0.25, -0.2) is 5.84 Å². The Bertz CT molecular complexity index is 566. The number of hydrogen-bond acceptors (Lipinski definition) is 7. The molecule has 7 heteroatoms. The minimum atomic E-state index is 0.119. The highest BCUT2D eigenvalue weighted by Gasteiger charge is 2.09. The number of benzene rings is 1. The van der Waals surface area contributed by atoms with E-state index in [1.54, 1.807) is 0 Å². The second-order valence-electron chi connectivity index (χ2n) is 3.94. The molecule has 3 N–H and O–H groups in total. The van der Waals surface area contributed by atoms with Gasteiger partial charge in [-0.2, -0.15) is 9.97 Å². The molecule has 0 aliphatic heterocycles. The molecule has 0 aliphatic rings. The maximum atomic E-state index is 5.64. The van der Waals surface area contributed by atoms with Crippen LogP contribution < -0.4 is 20.7 Å². The molecule has 0 unspecified atom stereocenters. The fourth-order valence-electron chi connectivity index (χ4n) is 1.46. The number of nitrogens with two attached hydrogens (primary N) is 1. The van der Waals surface area contributed by atoms with Crippen molar-refractivity contribution in [2.45, 2.75) is 13.8 Å². The zero-order valence-electron chi connectivity index (χ0n) is 11.0. The number of rotatable bonds is 4. The van der Waals surface area contributed by atoms with Gasteiger partial charge in [-0.05, 0) is 31.0 Å². The third-order valence-corrected chi connectivity index (χ3v) is 2.45. The number of nitrogens with one attached hydrogen (secondary N) is 1. The van der Waals surface area contributed by atoms with Gasteiger partial charge in [-0.15, -0.1) is 4.98 Å². The molecular weight excluding hydrogens is 246 g/mol. The van der Waals surface area contributed by atoms with E-state index in [0.29, 0.717) is 5.75 Å². The van der Waals surface area contributed by atoms with E-state index in [-0.39, 0.29) is 18.0 Å². The van der Waals surface area contributed by atoms with Gasteiger partial charge in [0.05, 0.1) is 7.11 Å². The molecule has 0 atom stereocenters. The molecule has 1 aromatic carbocycles. The van der Waals surface area contributed by atoms with Crippen LogP contribution in [0.3, 0.4) is 0 Å². The van der Waals surface area contributed by atoms with Crippen molar-refractivity contribution in [3.05, 3.63) is 29.3 Å². The number of hydrogen-bond donors (Lipinski definition) is 2. The molecule has 1 heterocycles. The number of anilines is 1. The lowest BCUT2D eigenvalue weighted by Crippen LogP contribution is -2.12. The van der Waals surface area contributed by atoms with Crippen LogP contribution in [0.1, 0.15) is 11.1 Å². The number of nitrogen functional groups attached to an aromatic ring is 1. The average molecular weight is 261 g/mol. The summed E-state index contributed by atoms with van der Waals surface area (Å²) < 4.78 is 10.6. The third-order valence-electron chi connectivity index (χ3n) is 2.45. The maximum absolute atomic E-state index is 5.64. The standard InChI is InChI=1S/C12H15N5O2/c1-7-4-5-8(2)9(6-7)19-12-15-10(17-13)14-11(16-12)18-3/h4-6H,13H2,1-3H3,(H,14,15,16,17). The van der Waals surface area contributed by atoms with Crippen LogP contribution in [0.2, 0.25) is 0 Å². The summed E-state index contributed by atoms with van der Waals surface area (Å²) in [5, 5.41) is 0. The summed E-state index contributed by atoms with van der Waals surface area (Å²) in [6.07, 6.45) is 0. The Hall–Kier alpha value is -2.41. The van der Waals surface area contributed by atoms with E-state index in [1.165, 1.54) is 7.11 Å². The molecule has 1 aromatic heterocycles. The van der Waals surface area contributed by atoms with Crippen LogP contribution in [0.25, 0.3) is 0 Å². The van der Waals surface area contributed by atoms with Crippen molar-refractivity contribution in [1.29, 1.82) is 0 Å².